The maximum Gasteiger partial charge on any atom is 0.416 e. The summed E-state index contributed by atoms with van der Waals surface area (Å²) in [6.07, 6.45) is 0.994. The molecule has 2 aliphatic rings. The molecule has 8 heteroatoms. The third kappa shape index (κ3) is 4.93. The minimum absolute atomic E-state index is 0.0828. The molecule has 1 atom stereocenters. The van der Waals surface area contributed by atoms with Gasteiger partial charge in [0.05, 0.1) is 17.7 Å². The largest absolute Gasteiger partial charge is 0.494 e. The van der Waals surface area contributed by atoms with Gasteiger partial charge >= 0.3 is 12.1 Å². The number of hydrogen-bond donors (Lipinski definition) is 1. The van der Waals surface area contributed by atoms with Crippen LogP contribution in [0.15, 0.2) is 91.0 Å². The van der Waals surface area contributed by atoms with Crippen molar-refractivity contribution in [2.45, 2.75) is 50.8 Å². The van der Waals surface area contributed by atoms with Crippen LogP contribution in [0.4, 0.5) is 17.6 Å². The highest BCUT2D eigenvalue weighted by Crippen LogP contribution is 2.58. The summed E-state index contributed by atoms with van der Waals surface area (Å²) >= 11 is 0. The molecule has 0 fully saturated rings. The van der Waals surface area contributed by atoms with E-state index in [1.807, 2.05) is 50.3 Å². The summed E-state index contributed by atoms with van der Waals surface area (Å²) in [4.78, 5) is 12.0. The predicted octanol–water partition coefficient (Wildman–Crippen LogP) is 10.5. The summed E-state index contributed by atoms with van der Waals surface area (Å²) < 4.78 is 69.8. The minimum Gasteiger partial charge on any atom is -0.494 e. The van der Waals surface area contributed by atoms with Crippen molar-refractivity contribution < 1.29 is 36.9 Å². The van der Waals surface area contributed by atoms with Crippen LogP contribution in [-0.2, 0) is 17.2 Å². The van der Waals surface area contributed by atoms with E-state index in [0.717, 1.165) is 36.1 Å². The Balaban J connectivity index is 1.51. The van der Waals surface area contributed by atoms with E-state index in [1.54, 1.807) is 30.3 Å². The Bertz CT molecular complexity index is 2110. The van der Waals surface area contributed by atoms with E-state index in [0.29, 0.717) is 45.6 Å². The number of unbranched alkanes of at least 4 members (excludes halogenated alkanes) is 1. The van der Waals surface area contributed by atoms with Crippen molar-refractivity contribution >= 4 is 22.8 Å². The van der Waals surface area contributed by atoms with Gasteiger partial charge in [-0.2, -0.15) is 13.2 Å². The predicted molar refractivity (Wildman–Crippen MR) is 177 cm³/mol. The van der Waals surface area contributed by atoms with Crippen LogP contribution in [0.1, 0.15) is 77.4 Å². The summed E-state index contributed by atoms with van der Waals surface area (Å²) in [7, 11) is 0. The maximum absolute atomic E-state index is 14.2. The number of benzene rings is 5. The molecular weight excluding hydrogens is 620 g/mol. The monoisotopic (exact) mass is 652 g/mol. The zero-order valence-corrected chi connectivity index (χ0v) is 26.5. The molecule has 1 heterocycles. The number of carbonyl (C=O) groups is 1. The summed E-state index contributed by atoms with van der Waals surface area (Å²) in [5, 5.41) is 10.5. The molecule has 0 amide bonds. The molecule has 0 spiro atoms. The molecule has 7 rings (SSSR count). The molecular formula is C40H32F4O4. The number of carboxylic acid groups (broad SMARTS) is 1. The lowest BCUT2D eigenvalue weighted by molar-refractivity contribution is -0.137. The second-order valence-corrected chi connectivity index (χ2v) is 12.8. The van der Waals surface area contributed by atoms with E-state index in [2.05, 4.69) is 6.92 Å². The molecule has 1 aliphatic heterocycles. The Morgan fingerprint density at radius 3 is 2.23 bits per heavy atom. The van der Waals surface area contributed by atoms with Gasteiger partial charge in [0.1, 0.15) is 17.3 Å². The molecule has 4 nitrogen and oxygen atoms in total. The fraction of sp³-hybridized carbons (Fsp3) is 0.225. The highest BCUT2D eigenvalue weighted by Gasteiger charge is 2.45. The van der Waals surface area contributed by atoms with Gasteiger partial charge in [-0.15, -0.1) is 0 Å². The van der Waals surface area contributed by atoms with Crippen LogP contribution < -0.4 is 9.47 Å². The normalized spacial score (nSPS) is 17.4. The fourth-order valence-electron chi connectivity index (χ4n) is 7.12. The van der Waals surface area contributed by atoms with Gasteiger partial charge in [-0.25, -0.2) is 9.18 Å². The lowest BCUT2D eigenvalue weighted by Gasteiger charge is -2.38. The van der Waals surface area contributed by atoms with Crippen LogP contribution in [0, 0.1) is 5.82 Å². The Hall–Kier alpha value is -5.11. The molecule has 1 N–H and O–H groups in total. The average Bonchev–Trinajstić information content (AvgIpc) is 3.31. The van der Waals surface area contributed by atoms with Crippen LogP contribution in [0.2, 0.25) is 0 Å². The zero-order valence-electron chi connectivity index (χ0n) is 26.5. The molecule has 0 bridgehead atoms. The Morgan fingerprint density at radius 2 is 1.58 bits per heavy atom. The molecule has 1 unspecified atom stereocenters. The number of fused-ring (bicyclic) bond motifs is 8. The fourth-order valence-corrected chi connectivity index (χ4v) is 7.12. The Kier molecular flexibility index (Phi) is 7.38. The molecule has 0 aromatic heterocycles. The number of hydrogen-bond acceptors (Lipinski definition) is 3. The van der Waals surface area contributed by atoms with Gasteiger partial charge < -0.3 is 14.6 Å². The SMILES string of the molecule is CCCCOc1ccc(C2(c3ccc(F)cc3)C=Cc3c4c(c5ccc(C(F)(F)F)cc5c3O2)-c2cc(C(=O)O)ccc2C4(C)C)cc1. The summed E-state index contributed by atoms with van der Waals surface area (Å²) in [5.41, 5.74) is 2.15. The third-order valence-electron chi connectivity index (χ3n) is 9.53. The van der Waals surface area contributed by atoms with Gasteiger partial charge in [-0.3, -0.25) is 0 Å². The van der Waals surface area contributed by atoms with Gasteiger partial charge in [0.25, 0.3) is 0 Å². The van der Waals surface area contributed by atoms with Crippen LogP contribution in [0.5, 0.6) is 11.5 Å². The van der Waals surface area contributed by atoms with Gasteiger partial charge in [-0.1, -0.05) is 69.7 Å². The van der Waals surface area contributed by atoms with Crippen molar-refractivity contribution in [1.82, 2.24) is 0 Å². The first kappa shape index (κ1) is 31.5. The quantitative estimate of drug-likeness (QED) is 0.140. The summed E-state index contributed by atoms with van der Waals surface area (Å²) in [6, 6.07) is 21.7. The molecule has 5 aromatic carbocycles. The van der Waals surface area contributed by atoms with Crippen molar-refractivity contribution in [3.05, 3.63) is 136 Å². The van der Waals surface area contributed by atoms with Crippen LogP contribution in [-0.4, -0.2) is 17.7 Å². The maximum atomic E-state index is 14.2. The van der Waals surface area contributed by atoms with Crippen molar-refractivity contribution in [1.29, 1.82) is 0 Å². The van der Waals surface area contributed by atoms with E-state index in [1.165, 1.54) is 18.2 Å². The zero-order chi connectivity index (χ0) is 34.0. The highest BCUT2D eigenvalue weighted by molar-refractivity contribution is 6.09. The molecule has 48 heavy (non-hydrogen) atoms. The van der Waals surface area contributed by atoms with Crippen molar-refractivity contribution in [2.75, 3.05) is 6.61 Å². The standard InChI is InChI=1S/C40H32F4O4/c1-4-5-20-47-28-14-9-25(10-15-28)39(24-7-12-27(41)13-8-24)19-18-30-35-34(32-21-23(37(45)46)6-17-33(32)38(35,2)3)29-16-11-26(40(42,43)44)22-31(29)36(30)48-39/h6-19,21-22H,4-5,20H2,1-3H3,(H,45,46). The number of ether oxygens (including phenoxy) is 2. The van der Waals surface area contributed by atoms with Crippen molar-refractivity contribution in [2.24, 2.45) is 0 Å². The molecule has 244 valence electrons. The Morgan fingerprint density at radius 1 is 0.896 bits per heavy atom. The van der Waals surface area contributed by atoms with E-state index >= 15 is 0 Å². The van der Waals surface area contributed by atoms with E-state index in [4.69, 9.17) is 9.47 Å². The van der Waals surface area contributed by atoms with Crippen LogP contribution in [0.3, 0.4) is 0 Å². The first-order valence-electron chi connectivity index (χ1n) is 15.8. The topological polar surface area (TPSA) is 55.8 Å². The number of halogens is 4. The van der Waals surface area contributed by atoms with Crippen molar-refractivity contribution in [3.63, 3.8) is 0 Å². The minimum atomic E-state index is -4.63. The molecule has 1 aliphatic carbocycles. The highest BCUT2D eigenvalue weighted by atomic mass is 19.4. The smallest absolute Gasteiger partial charge is 0.416 e. The van der Waals surface area contributed by atoms with Gasteiger partial charge in [-0.05, 0) is 88.7 Å². The third-order valence-corrected chi connectivity index (χ3v) is 9.53. The second-order valence-electron chi connectivity index (χ2n) is 12.8. The average molecular weight is 653 g/mol. The first-order chi connectivity index (χ1) is 22.8. The van der Waals surface area contributed by atoms with Gasteiger partial charge in [0.15, 0.2) is 5.60 Å². The molecule has 5 aromatic rings. The number of alkyl halides is 3. The second kappa shape index (κ2) is 11.3. The molecule has 0 saturated carbocycles. The van der Waals surface area contributed by atoms with E-state index < -0.39 is 34.5 Å². The van der Waals surface area contributed by atoms with Crippen LogP contribution >= 0.6 is 0 Å². The van der Waals surface area contributed by atoms with E-state index in [9.17, 15) is 27.5 Å². The van der Waals surface area contributed by atoms with Crippen LogP contribution in [0.25, 0.3) is 28.0 Å². The van der Waals surface area contributed by atoms with Gasteiger partial charge in [0.2, 0.25) is 0 Å². The molecule has 0 saturated heterocycles. The summed E-state index contributed by atoms with van der Waals surface area (Å²) in [5.74, 6) is -0.615. The number of rotatable bonds is 7. The lowest BCUT2D eigenvalue weighted by Crippen LogP contribution is -2.35. The summed E-state index contributed by atoms with van der Waals surface area (Å²) in [6.45, 7) is 6.67. The Labute approximate surface area is 275 Å². The van der Waals surface area contributed by atoms with E-state index in [-0.39, 0.29) is 16.7 Å². The molecule has 0 radical (unpaired) electrons. The van der Waals surface area contributed by atoms with Gasteiger partial charge in [0, 0.05) is 27.5 Å². The number of carboxylic acids is 1. The number of aromatic carboxylic acids is 1. The first-order valence-corrected chi connectivity index (χ1v) is 15.8. The van der Waals surface area contributed by atoms with Crippen molar-refractivity contribution in [3.8, 4) is 22.6 Å². The lowest BCUT2D eigenvalue weighted by atomic mass is 9.76.